The molecule has 1 aliphatic heterocycles. The Balaban J connectivity index is 1.61. The minimum Gasteiger partial charge on any atom is -0.474 e. The maximum Gasteiger partial charge on any atom is 0.215 e. The van der Waals surface area contributed by atoms with Crippen LogP contribution in [0.1, 0.15) is 39.0 Å². The molecule has 0 radical (unpaired) electrons. The van der Waals surface area contributed by atoms with Crippen LogP contribution in [-0.4, -0.2) is 24.2 Å². The van der Waals surface area contributed by atoms with E-state index in [0.29, 0.717) is 6.10 Å². The standard InChI is InChI=1S/C15H22N2O/c1-12-6-8-13(9-7-12)18-15-5-2-4-14(16-15)17-10-3-11-17/h2,4-5,12-13H,3,6-11H2,1H3. The number of nitrogens with zero attached hydrogens (tertiary/aromatic N) is 2. The summed E-state index contributed by atoms with van der Waals surface area (Å²) in [5, 5.41) is 0. The van der Waals surface area contributed by atoms with Crippen LogP contribution in [0.15, 0.2) is 18.2 Å². The van der Waals surface area contributed by atoms with Crippen LogP contribution >= 0.6 is 0 Å². The van der Waals surface area contributed by atoms with Gasteiger partial charge in [-0.05, 0) is 44.1 Å². The highest BCUT2D eigenvalue weighted by Crippen LogP contribution is 2.27. The van der Waals surface area contributed by atoms with E-state index >= 15 is 0 Å². The minimum absolute atomic E-state index is 0.375. The van der Waals surface area contributed by atoms with Crippen LogP contribution in [0.25, 0.3) is 0 Å². The lowest BCUT2D eigenvalue weighted by Gasteiger charge is -2.32. The predicted molar refractivity (Wildman–Crippen MR) is 73.1 cm³/mol. The Morgan fingerprint density at radius 1 is 1.17 bits per heavy atom. The fourth-order valence-corrected chi connectivity index (χ4v) is 2.71. The third-order valence-electron chi connectivity index (χ3n) is 4.14. The van der Waals surface area contributed by atoms with Crippen molar-refractivity contribution in [1.82, 2.24) is 4.98 Å². The molecule has 3 rings (SSSR count). The molecule has 2 aliphatic rings. The van der Waals surface area contributed by atoms with Crippen molar-refractivity contribution in [3.05, 3.63) is 18.2 Å². The maximum atomic E-state index is 6.03. The average Bonchev–Trinajstić information content (AvgIpc) is 2.31. The van der Waals surface area contributed by atoms with Gasteiger partial charge in [-0.15, -0.1) is 0 Å². The van der Waals surface area contributed by atoms with Gasteiger partial charge in [-0.1, -0.05) is 13.0 Å². The molecule has 0 N–H and O–H groups in total. The zero-order chi connectivity index (χ0) is 12.4. The highest BCUT2D eigenvalue weighted by atomic mass is 16.5. The Kier molecular flexibility index (Phi) is 3.39. The summed E-state index contributed by atoms with van der Waals surface area (Å²) >= 11 is 0. The lowest BCUT2D eigenvalue weighted by Crippen LogP contribution is -2.37. The van der Waals surface area contributed by atoms with Crippen LogP contribution in [-0.2, 0) is 0 Å². The molecule has 98 valence electrons. The second kappa shape index (κ2) is 5.17. The summed E-state index contributed by atoms with van der Waals surface area (Å²) in [4.78, 5) is 6.91. The lowest BCUT2D eigenvalue weighted by atomic mass is 9.89. The van der Waals surface area contributed by atoms with Crippen molar-refractivity contribution in [3.63, 3.8) is 0 Å². The number of hydrogen-bond acceptors (Lipinski definition) is 3. The highest BCUT2D eigenvalue weighted by Gasteiger charge is 2.21. The van der Waals surface area contributed by atoms with E-state index in [9.17, 15) is 0 Å². The van der Waals surface area contributed by atoms with Crippen molar-refractivity contribution in [2.75, 3.05) is 18.0 Å². The van der Waals surface area contributed by atoms with E-state index in [-0.39, 0.29) is 0 Å². The van der Waals surface area contributed by atoms with Gasteiger partial charge in [0, 0.05) is 19.2 Å². The van der Waals surface area contributed by atoms with Gasteiger partial charge in [0.2, 0.25) is 5.88 Å². The Labute approximate surface area is 109 Å². The van der Waals surface area contributed by atoms with E-state index in [2.05, 4.69) is 28.9 Å². The van der Waals surface area contributed by atoms with Crippen molar-refractivity contribution < 1.29 is 4.74 Å². The number of rotatable bonds is 3. The summed E-state index contributed by atoms with van der Waals surface area (Å²) in [6.07, 6.45) is 6.59. The quantitative estimate of drug-likeness (QED) is 0.818. The molecule has 18 heavy (non-hydrogen) atoms. The van der Waals surface area contributed by atoms with Gasteiger partial charge < -0.3 is 9.64 Å². The van der Waals surface area contributed by atoms with Gasteiger partial charge in [0.25, 0.3) is 0 Å². The Bertz CT molecular complexity index is 395. The number of anilines is 1. The Morgan fingerprint density at radius 2 is 1.94 bits per heavy atom. The summed E-state index contributed by atoms with van der Waals surface area (Å²) in [5.41, 5.74) is 0. The first-order valence-corrected chi connectivity index (χ1v) is 7.20. The molecule has 3 nitrogen and oxygen atoms in total. The van der Waals surface area contributed by atoms with Crippen LogP contribution < -0.4 is 9.64 Å². The molecular formula is C15H22N2O. The number of pyridine rings is 1. The van der Waals surface area contributed by atoms with Crippen LogP contribution in [0, 0.1) is 5.92 Å². The molecule has 0 bridgehead atoms. The van der Waals surface area contributed by atoms with Crippen molar-refractivity contribution in [2.45, 2.75) is 45.1 Å². The molecule has 1 saturated carbocycles. The van der Waals surface area contributed by atoms with Gasteiger partial charge in [0.05, 0.1) is 0 Å². The lowest BCUT2D eigenvalue weighted by molar-refractivity contribution is 0.130. The molecule has 0 amide bonds. The summed E-state index contributed by atoms with van der Waals surface area (Å²) in [7, 11) is 0. The molecule has 0 spiro atoms. The van der Waals surface area contributed by atoms with E-state index in [1.54, 1.807) is 0 Å². The van der Waals surface area contributed by atoms with Gasteiger partial charge in [0.1, 0.15) is 11.9 Å². The molecular weight excluding hydrogens is 224 g/mol. The molecule has 2 fully saturated rings. The monoisotopic (exact) mass is 246 g/mol. The molecule has 0 unspecified atom stereocenters. The summed E-state index contributed by atoms with van der Waals surface area (Å²) in [6.45, 7) is 4.60. The second-order valence-electron chi connectivity index (χ2n) is 5.67. The van der Waals surface area contributed by atoms with E-state index in [4.69, 9.17) is 4.74 Å². The van der Waals surface area contributed by atoms with Crippen LogP contribution in [0.4, 0.5) is 5.82 Å². The summed E-state index contributed by atoms with van der Waals surface area (Å²) in [6, 6.07) is 6.12. The zero-order valence-electron chi connectivity index (χ0n) is 11.1. The molecule has 1 saturated heterocycles. The topological polar surface area (TPSA) is 25.4 Å². The Morgan fingerprint density at radius 3 is 2.61 bits per heavy atom. The SMILES string of the molecule is CC1CCC(Oc2cccc(N3CCC3)n2)CC1. The fraction of sp³-hybridized carbons (Fsp3) is 0.667. The van der Waals surface area contributed by atoms with E-state index in [1.165, 1.54) is 32.1 Å². The van der Waals surface area contributed by atoms with Gasteiger partial charge in [0.15, 0.2) is 0 Å². The van der Waals surface area contributed by atoms with E-state index in [1.807, 2.05) is 6.07 Å². The van der Waals surface area contributed by atoms with Crippen molar-refractivity contribution in [2.24, 2.45) is 5.92 Å². The van der Waals surface area contributed by atoms with Crippen LogP contribution in [0.5, 0.6) is 5.88 Å². The third-order valence-corrected chi connectivity index (χ3v) is 4.14. The predicted octanol–water partition coefficient (Wildman–Crippen LogP) is 3.25. The van der Waals surface area contributed by atoms with Crippen molar-refractivity contribution >= 4 is 5.82 Å². The maximum absolute atomic E-state index is 6.03. The van der Waals surface area contributed by atoms with Crippen molar-refractivity contribution in [3.8, 4) is 5.88 Å². The van der Waals surface area contributed by atoms with Gasteiger partial charge >= 0.3 is 0 Å². The zero-order valence-corrected chi connectivity index (χ0v) is 11.1. The molecule has 1 aromatic rings. The van der Waals surface area contributed by atoms with Gasteiger partial charge in [-0.25, -0.2) is 0 Å². The van der Waals surface area contributed by atoms with E-state index < -0.39 is 0 Å². The largest absolute Gasteiger partial charge is 0.474 e. The fourth-order valence-electron chi connectivity index (χ4n) is 2.71. The van der Waals surface area contributed by atoms with Gasteiger partial charge in [-0.2, -0.15) is 4.98 Å². The van der Waals surface area contributed by atoms with Crippen LogP contribution in [0.2, 0.25) is 0 Å². The summed E-state index contributed by atoms with van der Waals surface area (Å²) < 4.78 is 6.03. The molecule has 1 aliphatic carbocycles. The van der Waals surface area contributed by atoms with Gasteiger partial charge in [-0.3, -0.25) is 0 Å². The first-order valence-electron chi connectivity index (χ1n) is 7.20. The molecule has 0 aromatic carbocycles. The smallest absolute Gasteiger partial charge is 0.215 e. The van der Waals surface area contributed by atoms with Crippen molar-refractivity contribution in [1.29, 1.82) is 0 Å². The number of ether oxygens (including phenoxy) is 1. The van der Waals surface area contributed by atoms with Crippen LogP contribution in [0.3, 0.4) is 0 Å². The second-order valence-corrected chi connectivity index (χ2v) is 5.67. The molecule has 0 atom stereocenters. The third kappa shape index (κ3) is 2.60. The molecule has 1 aromatic heterocycles. The van der Waals surface area contributed by atoms with E-state index in [0.717, 1.165) is 30.7 Å². The number of hydrogen-bond donors (Lipinski definition) is 0. The first kappa shape index (κ1) is 11.8. The Hall–Kier alpha value is -1.25. The number of aromatic nitrogens is 1. The highest BCUT2D eigenvalue weighted by molar-refractivity contribution is 5.42. The normalized spacial score (nSPS) is 27.7. The molecule has 2 heterocycles. The molecule has 3 heteroatoms. The minimum atomic E-state index is 0.375. The average molecular weight is 246 g/mol. The first-order chi connectivity index (χ1) is 8.81. The summed E-state index contributed by atoms with van der Waals surface area (Å²) in [5.74, 6) is 2.74.